The average Bonchev–Trinajstić information content (AvgIpc) is 3.12. The van der Waals surface area contributed by atoms with E-state index in [1.54, 1.807) is 13.9 Å². The molecule has 1 aliphatic rings. The van der Waals surface area contributed by atoms with E-state index in [-0.39, 0.29) is 5.82 Å². The van der Waals surface area contributed by atoms with Crippen molar-refractivity contribution in [2.45, 2.75) is 25.7 Å². The van der Waals surface area contributed by atoms with Crippen LogP contribution in [0.1, 0.15) is 24.0 Å². The van der Waals surface area contributed by atoms with Crippen LogP contribution < -0.4 is 5.46 Å². The van der Waals surface area contributed by atoms with Crippen LogP contribution in [-0.4, -0.2) is 23.0 Å². The quantitative estimate of drug-likeness (QED) is 0.546. The van der Waals surface area contributed by atoms with Gasteiger partial charge in [0, 0.05) is 16.3 Å². The van der Waals surface area contributed by atoms with Gasteiger partial charge in [-0.05, 0) is 55.0 Å². The van der Waals surface area contributed by atoms with Crippen molar-refractivity contribution >= 4 is 35.1 Å². The maximum atomic E-state index is 14.1. The number of pyridine rings is 1. The largest absolute Gasteiger partial charge is 0.278 e. The van der Waals surface area contributed by atoms with Crippen LogP contribution in [0.2, 0.25) is 0 Å². The topological polar surface area (TPSA) is 41.6 Å². The van der Waals surface area contributed by atoms with Crippen molar-refractivity contribution < 1.29 is 4.39 Å². The normalized spacial score (nSPS) is 14.1. The van der Waals surface area contributed by atoms with Gasteiger partial charge < -0.3 is 0 Å². The van der Waals surface area contributed by atoms with Gasteiger partial charge in [-0.2, -0.15) is 5.10 Å². The Morgan fingerprint density at radius 3 is 2.72 bits per heavy atom. The van der Waals surface area contributed by atoms with Crippen molar-refractivity contribution in [1.82, 2.24) is 15.2 Å². The molecule has 0 amide bonds. The smallest absolute Gasteiger partial charge is 0.143 e. The predicted octanol–water partition coefficient (Wildman–Crippen LogP) is 3.05. The Labute approximate surface area is 145 Å². The number of H-pyrrole nitrogens is 1. The SMILES string of the molecule is Bc1ccc(-c2nc3ccc4[nH]ncc4c3c3c2CCCC3)cc1F. The first kappa shape index (κ1) is 14.6. The van der Waals surface area contributed by atoms with Crippen LogP contribution in [-0.2, 0) is 12.8 Å². The summed E-state index contributed by atoms with van der Waals surface area (Å²) < 4.78 is 14.1. The molecule has 5 heteroatoms. The van der Waals surface area contributed by atoms with Crippen molar-refractivity contribution in [2.24, 2.45) is 0 Å². The summed E-state index contributed by atoms with van der Waals surface area (Å²) in [6.07, 6.45) is 6.27. The molecule has 2 aromatic carbocycles. The Morgan fingerprint density at radius 2 is 1.88 bits per heavy atom. The monoisotopic (exact) mass is 329 g/mol. The van der Waals surface area contributed by atoms with Gasteiger partial charge in [-0.25, -0.2) is 9.37 Å². The van der Waals surface area contributed by atoms with Gasteiger partial charge in [0.05, 0.1) is 22.9 Å². The van der Waals surface area contributed by atoms with Gasteiger partial charge in [0.1, 0.15) is 13.7 Å². The zero-order valence-electron chi connectivity index (χ0n) is 14.1. The molecular formula is C20H17BFN3. The van der Waals surface area contributed by atoms with E-state index in [0.29, 0.717) is 5.46 Å². The molecule has 0 bridgehead atoms. The van der Waals surface area contributed by atoms with Crippen LogP contribution in [0.3, 0.4) is 0 Å². The fraction of sp³-hybridized carbons (Fsp3) is 0.200. The van der Waals surface area contributed by atoms with Crippen molar-refractivity contribution in [3.8, 4) is 11.3 Å². The van der Waals surface area contributed by atoms with E-state index >= 15 is 0 Å². The van der Waals surface area contributed by atoms with E-state index in [9.17, 15) is 4.39 Å². The Balaban J connectivity index is 1.88. The molecule has 1 aliphatic carbocycles. The van der Waals surface area contributed by atoms with E-state index in [1.807, 2.05) is 30.5 Å². The number of fused-ring (bicyclic) bond motifs is 5. The van der Waals surface area contributed by atoms with Crippen LogP contribution in [0, 0.1) is 5.82 Å². The number of nitrogens with one attached hydrogen (secondary N) is 1. The number of nitrogens with zero attached hydrogens (tertiary/aromatic N) is 2. The minimum atomic E-state index is -0.172. The van der Waals surface area contributed by atoms with Crippen LogP contribution in [0.25, 0.3) is 33.1 Å². The molecule has 122 valence electrons. The molecule has 0 fully saturated rings. The molecule has 4 aromatic rings. The highest BCUT2D eigenvalue weighted by atomic mass is 19.1. The highest BCUT2D eigenvalue weighted by Gasteiger charge is 2.21. The second kappa shape index (κ2) is 5.41. The zero-order chi connectivity index (χ0) is 17.0. The van der Waals surface area contributed by atoms with Gasteiger partial charge >= 0.3 is 0 Å². The molecular weight excluding hydrogens is 312 g/mol. The standard InChI is InChI=1S/C20H17BFN3/c21-15-6-5-11(9-16(15)22)20-13-4-2-1-3-12(13)19-14-10-23-25-17(14)7-8-18(19)24-20/h5-10H,1-4,21H2,(H,23,25). The fourth-order valence-electron chi connectivity index (χ4n) is 4.03. The number of halogens is 1. The Bertz CT molecular complexity index is 1130. The summed E-state index contributed by atoms with van der Waals surface area (Å²) in [6.45, 7) is 0. The lowest BCUT2D eigenvalue weighted by Crippen LogP contribution is -2.10. The number of rotatable bonds is 1. The van der Waals surface area contributed by atoms with Crippen LogP contribution >= 0.6 is 0 Å². The number of aromatic nitrogens is 3. The van der Waals surface area contributed by atoms with Crippen LogP contribution in [0.5, 0.6) is 0 Å². The summed E-state index contributed by atoms with van der Waals surface area (Å²) in [6, 6.07) is 9.50. The third-order valence-corrected chi connectivity index (χ3v) is 5.34. The van der Waals surface area contributed by atoms with Gasteiger partial charge in [-0.15, -0.1) is 0 Å². The zero-order valence-corrected chi connectivity index (χ0v) is 14.1. The molecule has 5 rings (SSSR count). The molecule has 2 aromatic heterocycles. The second-order valence-corrected chi connectivity index (χ2v) is 6.88. The molecule has 3 nitrogen and oxygen atoms in total. The third kappa shape index (κ3) is 2.19. The predicted molar refractivity (Wildman–Crippen MR) is 102 cm³/mol. The molecule has 0 radical (unpaired) electrons. The number of hydrogen-bond acceptors (Lipinski definition) is 2. The summed E-state index contributed by atoms with van der Waals surface area (Å²) in [5, 5.41) is 9.59. The van der Waals surface area contributed by atoms with E-state index < -0.39 is 0 Å². The lowest BCUT2D eigenvalue weighted by Gasteiger charge is -2.22. The molecule has 1 N–H and O–H groups in total. The number of benzene rings is 2. The Kier molecular flexibility index (Phi) is 3.17. The van der Waals surface area contributed by atoms with Crippen LogP contribution in [0.4, 0.5) is 4.39 Å². The van der Waals surface area contributed by atoms with Crippen molar-refractivity contribution in [2.75, 3.05) is 0 Å². The summed E-state index contributed by atoms with van der Waals surface area (Å²) in [7, 11) is 1.79. The molecule has 25 heavy (non-hydrogen) atoms. The van der Waals surface area contributed by atoms with Crippen molar-refractivity contribution in [1.29, 1.82) is 0 Å². The number of aryl methyl sites for hydroxylation is 1. The van der Waals surface area contributed by atoms with Gasteiger partial charge in [-0.3, -0.25) is 5.10 Å². The summed E-state index contributed by atoms with van der Waals surface area (Å²) in [4.78, 5) is 4.95. The second-order valence-electron chi connectivity index (χ2n) is 6.88. The molecule has 0 atom stereocenters. The first-order valence-electron chi connectivity index (χ1n) is 8.76. The van der Waals surface area contributed by atoms with Gasteiger partial charge in [0.15, 0.2) is 0 Å². The molecule has 0 spiro atoms. The summed E-state index contributed by atoms with van der Waals surface area (Å²) in [5.41, 5.74) is 7.11. The highest BCUT2D eigenvalue weighted by molar-refractivity contribution is 6.32. The number of aromatic amines is 1. The minimum absolute atomic E-state index is 0.172. The molecule has 2 heterocycles. The minimum Gasteiger partial charge on any atom is -0.278 e. The summed E-state index contributed by atoms with van der Waals surface area (Å²) in [5.74, 6) is -0.172. The molecule has 0 saturated carbocycles. The first-order chi connectivity index (χ1) is 12.2. The van der Waals surface area contributed by atoms with E-state index in [0.717, 1.165) is 46.9 Å². The Hall–Kier alpha value is -2.69. The van der Waals surface area contributed by atoms with Gasteiger partial charge in [0.25, 0.3) is 0 Å². The molecule has 0 saturated heterocycles. The Morgan fingerprint density at radius 1 is 1.04 bits per heavy atom. The van der Waals surface area contributed by atoms with Crippen molar-refractivity contribution in [3.05, 3.63) is 53.5 Å². The maximum absolute atomic E-state index is 14.1. The maximum Gasteiger partial charge on any atom is 0.143 e. The third-order valence-electron chi connectivity index (χ3n) is 5.34. The fourth-order valence-corrected chi connectivity index (χ4v) is 4.03. The number of hydrogen-bond donors (Lipinski definition) is 1. The van der Waals surface area contributed by atoms with Gasteiger partial charge in [-0.1, -0.05) is 17.6 Å². The lowest BCUT2D eigenvalue weighted by molar-refractivity contribution is 0.636. The highest BCUT2D eigenvalue weighted by Crippen LogP contribution is 2.37. The van der Waals surface area contributed by atoms with Gasteiger partial charge in [0.2, 0.25) is 0 Å². The van der Waals surface area contributed by atoms with Crippen molar-refractivity contribution in [3.63, 3.8) is 0 Å². The average molecular weight is 329 g/mol. The lowest BCUT2D eigenvalue weighted by atomic mass is 9.85. The molecule has 0 unspecified atom stereocenters. The van der Waals surface area contributed by atoms with E-state index in [1.165, 1.54) is 22.9 Å². The summed E-state index contributed by atoms with van der Waals surface area (Å²) >= 11 is 0. The van der Waals surface area contributed by atoms with E-state index in [2.05, 4.69) is 10.2 Å². The van der Waals surface area contributed by atoms with Crippen LogP contribution in [0.15, 0.2) is 36.5 Å². The molecule has 0 aliphatic heterocycles. The first-order valence-corrected chi connectivity index (χ1v) is 8.76. The van der Waals surface area contributed by atoms with E-state index in [4.69, 9.17) is 4.98 Å².